The Morgan fingerprint density at radius 2 is 1.59 bits per heavy atom. The fraction of sp³-hybridized carbons (Fsp3) is 0.909. The Morgan fingerprint density at radius 3 is 1.95 bits per heavy atom. The number of hydrogen-bond donors (Lipinski definition) is 1. The standard InChI is InChI=1S/C11H15F6NO3S/c12-9(13)3-1-7(2-4-9)11(17,8(18)19)22(20,21)6-5-10(14,15)16/h7H,1-6H2,(H2,18,19). The third-order valence-electron chi connectivity index (χ3n) is 3.69. The zero-order chi connectivity index (χ0) is 17.4. The normalized spacial score (nSPS) is 23.0. The molecule has 0 heterocycles. The molecule has 1 atom stereocenters. The Balaban J connectivity index is 3.03. The van der Waals surface area contributed by atoms with Gasteiger partial charge in [0.25, 0.3) is 10.9 Å². The van der Waals surface area contributed by atoms with E-state index >= 15 is 0 Å². The average Bonchev–Trinajstić information content (AvgIpc) is 2.34. The first kappa shape index (κ1) is 19.0. The first-order valence-electron chi connectivity index (χ1n) is 6.37. The van der Waals surface area contributed by atoms with E-state index in [9.17, 15) is 39.6 Å². The van der Waals surface area contributed by atoms with Crippen molar-refractivity contribution in [2.45, 2.75) is 49.2 Å². The Hall–Kier alpha value is -1.00. The summed E-state index contributed by atoms with van der Waals surface area (Å²) in [5, 5.41) is -3.77. The zero-order valence-corrected chi connectivity index (χ0v) is 12.1. The lowest BCUT2D eigenvalue weighted by Crippen LogP contribution is -2.54. The van der Waals surface area contributed by atoms with Crippen LogP contribution in [-0.2, 0) is 14.6 Å². The van der Waals surface area contributed by atoms with Crippen LogP contribution in [-0.4, -0.2) is 37.2 Å². The maximum absolute atomic E-state index is 14.7. The second-order valence-electron chi connectivity index (χ2n) is 5.32. The van der Waals surface area contributed by atoms with Gasteiger partial charge in [-0.1, -0.05) is 0 Å². The lowest BCUT2D eigenvalue weighted by Gasteiger charge is -2.35. The number of carbonyl (C=O) groups is 1. The molecule has 4 nitrogen and oxygen atoms in total. The molecule has 1 rings (SSSR count). The Kier molecular flexibility index (Phi) is 5.10. The highest BCUT2D eigenvalue weighted by atomic mass is 32.2. The summed E-state index contributed by atoms with van der Waals surface area (Å²) in [5.41, 5.74) is 4.73. The molecular weight excluding hydrogens is 340 g/mol. The molecular formula is C11H15F6NO3S. The lowest BCUT2D eigenvalue weighted by molar-refractivity contribution is -0.132. The van der Waals surface area contributed by atoms with E-state index in [-0.39, 0.29) is 0 Å². The SMILES string of the molecule is NC(=O)C(F)(C1CCC(F)(F)CC1)S(=O)(=O)CCC(F)(F)F. The summed E-state index contributed by atoms with van der Waals surface area (Å²) in [4.78, 5) is 11.3. The Bertz CT molecular complexity index is 522. The molecule has 1 fully saturated rings. The molecule has 1 aliphatic rings. The van der Waals surface area contributed by atoms with Gasteiger partial charge in [-0.2, -0.15) is 13.2 Å². The molecule has 1 aliphatic carbocycles. The Morgan fingerprint density at radius 1 is 1.14 bits per heavy atom. The van der Waals surface area contributed by atoms with Gasteiger partial charge >= 0.3 is 6.18 Å². The summed E-state index contributed by atoms with van der Waals surface area (Å²) in [6.07, 6.45) is -9.74. The third kappa shape index (κ3) is 4.05. The molecule has 11 heteroatoms. The van der Waals surface area contributed by atoms with E-state index < -0.39 is 76.6 Å². The largest absolute Gasteiger partial charge is 0.390 e. The maximum Gasteiger partial charge on any atom is 0.390 e. The quantitative estimate of drug-likeness (QED) is 0.769. The maximum atomic E-state index is 14.7. The summed E-state index contributed by atoms with van der Waals surface area (Å²) in [6.45, 7) is 0. The summed E-state index contributed by atoms with van der Waals surface area (Å²) < 4.78 is 101. The van der Waals surface area contributed by atoms with Gasteiger partial charge in [-0.25, -0.2) is 21.6 Å². The highest BCUT2D eigenvalue weighted by Crippen LogP contribution is 2.44. The van der Waals surface area contributed by atoms with Gasteiger partial charge in [0, 0.05) is 18.8 Å². The van der Waals surface area contributed by atoms with Crippen molar-refractivity contribution in [2.75, 3.05) is 5.75 Å². The van der Waals surface area contributed by atoms with E-state index in [1.165, 1.54) is 0 Å². The average molecular weight is 355 g/mol. The van der Waals surface area contributed by atoms with Crippen LogP contribution in [0.4, 0.5) is 26.3 Å². The Labute approximate surface area is 123 Å². The number of hydrogen-bond acceptors (Lipinski definition) is 3. The molecule has 1 saturated carbocycles. The molecule has 0 aromatic rings. The molecule has 0 aliphatic heterocycles. The number of sulfone groups is 1. The predicted molar refractivity (Wildman–Crippen MR) is 64.4 cm³/mol. The fourth-order valence-corrected chi connectivity index (χ4v) is 4.27. The summed E-state index contributed by atoms with van der Waals surface area (Å²) in [5.74, 6) is -8.43. The van der Waals surface area contributed by atoms with Crippen molar-refractivity contribution >= 4 is 15.7 Å². The number of halogens is 6. The minimum absolute atomic E-state index is 0.655. The monoisotopic (exact) mass is 355 g/mol. The number of nitrogens with two attached hydrogens (primary N) is 1. The molecule has 130 valence electrons. The molecule has 1 unspecified atom stereocenters. The number of alkyl halides is 6. The molecule has 0 aromatic carbocycles. The predicted octanol–water partition coefficient (Wildman–Crippen LogP) is 2.33. The first-order chi connectivity index (χ1) is 9.71. The van der Waals surface area contributed by atoms with E-state index in [1.54, 1.807) is 0 Å². The van der Waals surface area contributed by atoms with Crippen molar-refractivity contribution in [1.82, 2.24) is 0 Å². The molecule has 0 spiro atoms. The summed E-state index contributed by atoms with van der Waals surface area (Å²) in [7, 11) is -5.20. The zero-order valence-electron chi connectivity index (χ0n) is 11.3. The van der Waals surface area contributed by atoms with E-state index in [0.717, 1.165) is 0 Å². The number of primary amides is 1. The molecule has 0 radical (unpaired) electrons. The van der Waals surface area contributed by atoms with Crippen LogP contribution in [0.5, 0.6) is 0 Å². The fourth-order valence-electron chi connectivity index (χ4n) is 2.42. The van der Waals surface area contributed by atoms with E-state index in [1.807, 2.05) is 0 Å². The molecule has 0 saturated heterocycles. The van der Waals surface area contributed by atoms with Crippen LogP contribution < -0.4 is 5.73 Å². The van der Waals surface area contributed by atoms with Crippen LogP contribution in [0, 0.1) is 5.92 Å². The first-order valence-corrected chi connectivity index (χ1v) is 8.02. The van der Waals surface area contributed by atoms with Crippen molar-refractivity contribution in [1.29, 1.82) is 0 Å². The van der Waals surface area contributed by atoms with E-state index in [4.69, 9.17) is 5.73 Å². The van der Waals surface area contributed by atoms with E-state index in [2.05, 4.69) is 0 Å². The second kappa shape index (κ2) is 5.89. The van der Waals surface area contributed by atoms with Crippen LogP contribution in [0.2, 0.25) is 0 Å². The van der Waals surface area contributed by atoms with Crippen molar-refractivity contribution in [2.24, 2.45) is 11.7 Å². The molecule has 0 bridgehead atoms. The lowest BCUT2D eigenvalue weighted by atomic mass is 9.83. The minimum atomic E-state index is -5.20. The highest BCUT2D eigenvalue weighted by Gasteiger charge is 2.58. The summed E-state index contributed by atoms with van der Waals surface area (Å²) >= 11 is 0. The topological polar surface area (TPSA) is 77.2 Å². The van der Waals surface area contributed by atoms with Crippen LogP contribution in [0.15, 0.2) is 0 Å². The van der Waals surface area contributed by atoms with Gasteiger partial charge < -0.3 is 5.73 Å². The van der Waals surface area contributed by atoms with Gasteiger partial charge in [-0.3, -0.25) is 4.79 Å². The number of rotatable bonds is 5. The minimum Gasteiger partial charge on any atom is -0.366 e. The van der Waals surface area contributed by atoms with Gasteiger partial charge in [-0.15, -0.1) is 0 Å². The molecule has 2 N–H and O–H groups in total. The third-order valence-corrected chi connectivity index (χ3v) is 5.87. The van der Waals surface area contributed by atoms with E-state index in [0.29, 0.717) is 0 Å². The van der Waals surface area contributed by atoms with Crippen LogP contribution in [0.1, 0.15) is 32.1 Å². The van der Waals surface area contributed by atoms with Gasteiger partial charge in [0.15, 0.2) is 9.84 Å². The molecule has 1 amide bonds. The van der Waals surface area contributed by atoms with Crippen molar-refractivity contribution < 1.29 is 39.6 Å². The number of carbonyl (C=O) groups excluding carboxylic acids is 1. The van der Waals surface area contributed by atoms with Gasteiger partial charge in [0.05, 0.1) is 12.2 Å². The van der Waals surface area contributed by atoms with Crippen molar-refractivity contribution in [3.63, 3.8) is 0 Å². The second-order valence-corrected chi connectivity index (χ2v) is 7.56. The smallest absolute Gasteiger partial charge is 0.366 e. The number of amides is 1. The van der Waals surface area contributed by atoms with Crippen molar-refractivity contribution in [3.8, 4) is 0 Å². The van der Waals surface area contributed by atoms with Gasteiger partial charge in [0.1, 0.15) is 0 Å². The van der Waals surface area contributed by atoms with Crippen LogP contribution >= 0.6 is 0 Å². The van der Waals surface area contributed by atoms with Crippen molar-refractivity contribution in [3.05, 3.63) is 0 Å². The van der Waals surface area contributed by atoms with Crippen LogP contribution in [0.3, 0.4) is 0 Å². The highest BCUT2D eigenvalue weighted by molar-refractivity contribution is 7.93. The van der Waals surface area contributed by atoms with Gasteiger partial charge in [-0.05, 0) is 12.8 Å². The van der Waals surface area contributed by atoms with Gasteiger partial charge in [0.2, 0.25) is 5.92 Å². The molecule has 0 aromatic heterocycles. The van der Waals surface area contributed by atoms with Crippen LogP contribution in [0.25, 0.3) is 0 Å². The summed E-state index contributed by atoms with van der Waals surface area (Å²) in [6, 6.07) is 0. The molecule has 22 heavy (non-hydrogen) atoms.